The van der Waals surface area contributed by atoms with Crippen LogP contribution in [0.2, 0.25) is 0 Å². The molecular weight excluding hydrogens is 342 g/mol. The molecule has 27 heavy (non-hydrogen) atoms. The van der Waals surface area contributed by atoms with Crippen LogP contribution in [-0.2, 0) is 16.8 Å². The highest BCUT2D eigenvalue weighted by atomic mass is 16.4. The zero-order chi connectivity index (χ0) is 19.7. The lowest BCUT2D eigenvalue weighted by Crippen LogP contribution is -2.41. The zero-order valence-corrected chi connectivity index (χ0v) is 17.2. The predicted octanol–water partition coefficient (Wildman–Crippen LogP) is 2.72. The van der Waals surface area contributed by atoms with Crippen molar-refractivity contribution in [2.45, 2.75) is 71.8 Å². The van der Waals surface area contributed by atoms with Crippen molar-refractivity contribution in [3.8, 4) is 0 Å². The van der Waals surface area contributed by atoms with Gasteiger partial charge in [-0.05, 0) is 25.7 Å². The van der Waals surface area contributed by atoms with Crippen molar-refractivity contribution in [1.29, 1.82) is 0 Å². The Morgan fingerprint density at radius 2 is 1.93 bits per heavy atom. The summed E-state index contributed by atoms with van der Waals surface area (Å²) in [7, 11) is 0. The average molecular weight is 378 g/mol. The second-order valence-corrected chi connectivity index (χ2v) is 8.19. The van der Waals surface area contributed by atoms with Gasteiger partial charge in [0.15, 0.2) is 5.96 Å². The molecule has 7 heteroatoms. The van der Waals surface area contributed by atoms with Gasteiger partial charge in [0.1, 0.15) is 12.3 Å². The average Bonchev–Trinajstić information content (AvgIpc) is 3.27. The van der Waals surface area contributed by atoms with Gasteiger partial charge in [-0.2, -0.15) is 0 Å². The number of aromatic nitrogens is 1. The Labute approximate surface area is 162 Å². The number of amides is 1. The fourth-order valence-electron chi connectivity index (χ4n) is 3.15. The molecule has 1 fully saturated rings. The molecule has 0 radical (unpaired) electrons. The summed E-state index contributed by atoms with van der Waals surface area (Å²) in [6.07, 6.45) is 7.36. The Morgan fingerprint density at radius 1 is 1.22 bits per heavy atom. The number of carbonyl (C=O) groups is 1. The molecule has 0 aromatic carbocycles. The molecule has 1 saturated carbocycles. The van der Waals surface area contributed by atoms with Gasteiger partial charge >= 0.3 is 0 Å². The smallest absolute Gasteiger partial charge is 0.220 e. The molecule has 1 aromatic rings. The maximum absolute atomic E-state index is 12.0. The van der Waals surface area contributed by atoms with Crippen LogP contribution in [-0.4, -0.2) is 36.5 Å². The molecule has 2 rings (SSSR count). The Hall–Kier alpha value is -2.05. The highest BCUT2D eigenvalue weighted by Gasteiger charge is 2.19. The lowest BCUT2D eigenvalue weighted by molar-refractivity contribution is -0.121. The third kappa shape index (κ3) is 7.61. The predicted molar refractivity (Wildman–Crippen MR) is 108 cm³/mol. The van der Waals surface area contributed by atoms with E-state index in [1.54, 1.807) is 6.20 Å². The maximum Gasteiger partial charge on any atom is 0.220 e. The van der Waals surface area contributed by atoms with Gasteiger partial charge in [0.2, 0.25) is 11.8 Å². The van der Waals surface area contributed by atoms with Gasteiger partial charge in [-0.25, -0.2) is 9.98 Å². The van der Waals surface area contributed by atoms with E-state index < -0.39 is 0 Å². The Balaban J connectivity index is 1.73. The van der Waals surface area contributed by atoms with Crippen LogP contribution in [0, 0.1) is 5.92 Å². The molecular formula is C20H35N5O2. The normalized spacial score (nSPS) is 15.8. The number of aliphatic imine (C=N–C) groups is 1. The number of guanidine groups is 1. The standard InChI is InChI=1S/C20H35N5O2/c1-5-21-19(25-14-18-24-13-16(27-18)20(2,3)4)23-11-10-22-17(26)12-15-8-6-7-9-15/h13,15H,5-12,14H2,1-4H3,(H,22,26)(H2,21,23,25). The number of carbonyl (C=O) groups excluding carboxylic acids is 1. The molecule has 3 N–H and O–H groups in total. The fraction of sp³-hybridized carbons (Fsp3) is 0.750. The quantitative estimate of drug-likeness (QED) is 0.368. The van der Waals surface area contributed by atoms with E-state index >= 15 is 0 Å². The van der Waals surface area contributed by atoms with E-state index in [4.69, 9.17) is 4.42 Å². The van der Waals surface area contributed by atoms with Gasteiger partial charge in [0, 0.05) is 31.5 Å². The van der Waals surface area contributed by atoms with Crippen LogP contribution in [0.15, 0.2) is 15.6 Å². The number of hydrogen-bond donors (Lipinski definition) is 3. The minimum absolute atomic E-state index is 0.0611. The molecule has 0 unspecified atom stereocenters. The molecule has 1 aliphatic rings. The van der Waals surface area contributed by atoms with Crippen LogP contribution >= 0.6 is 0 Å². The van der Waals surface area contributed by atoms with Gasteiger partial charge < -0.3 is 20.4 Å². The van der Waals surface area contributed by atoms with Crippen LogP contribution in [0.25, 0.3) is 0 Å². The molecule has 1 amide bonds. The van der Waals surface area contributed by atoms with E-state index in [1.165, 1.54) is 25.7 Å². The number of hydrogen-bond acceptors (Lipinski definition) is 4. The van der Waals surface area contributed by atoms with Crippen LogP contribution in [0.4, 0.5) is 0 Å². The summed E-state index contributed by atoms with van der Waals surface area (Å²) in [5, 5.41) is 9.41. The molecule has 152 valence electrons. The van der Waals surface area contributed by atoms with Crippen LogP contribution in [0.5, 0.6) is 0 Å². The number of rotatable bonds is 8. The molecule has 7 nitrogen and oxygen atoms in total. The summed E-state index contributed by atoms with van der Waals surface area (Å²) in [6.45, 7) is 10.6. The maximum atomic E-state index is 12.0. The highest BCUT2D eigenvalue weighted by Crippen LogP contribution is 2.27. The van der Waals surface area contributed by atoms with Crippen molar-refractivity contribution in [1.82, 2.24) is 20.9 Å². The summed E-state index contributed by atoms with van der Waals surface area (Å²) in [4.78, 5) is 20.8. The van der Waals surface area contributed by atoms with E-state index in [-0.39, 0.29) is 11.3 Å². The third-order valence-corrected chi connectivity index (χ3v) is 4.70. The van der Waals surface area contributed by atoms with Crippen LogP contribution in [0.1, 0.15) is 71.5 Å². The van der Waals surface area contributed by atoms with Gasteiger partial charge in [0.05, 0.1) is 6.20 Å². The lowest BCUT2D eigenvalue weighted by Gasteiger charge is -2.13. The lowest BCUT2D eigenvalue weighted by atomic mass is 9.94. The summed E-state index contributed by atoms with van der Waals surface area (Å²) >= 11 is 0. The first-order chi connectivity index (χ1) is 12.9. The van der Waals surface area contributed by atoms with E-state index in [1.807, 2.05) is 6.92 Å². The minimum Gasteiger partial charge on any atom is -0.443 e. The van der Waals surface area contributed by atoms with Crippen molar-refractivity contribution in [2.24, 2.45) is 10.9 Å². The fourth-order valence-corrected chi connectivity index (χ4v) is 3.15. The summed E-state index contributed by atoms with van der Waals surface area (Å²) < 4.78 is 5.77. The summed E-state index contributed by atoms with van der Waals surface area (Å²) in [6, 6.07) is 0. The molecule has 1 aliphatic carbocycles. The van der Waals surface area contributed by atoms with Crippen molar-refractivity contribution in [3.05, 3.63) is 17.8 Å². The van der Waals surface area contributed by atoms with E-state index in [0.29, 0.717) is 43.8 Å². The van der Waals surface area contributed by atoms with E-state index in [2.05, 4.69) is 46.7 Å². The Bertz CT molecular complexity index is 612. The van der Waals surface area contributed by atoms with Crippen molar-refractivity contribution in [2.75, 3.05) is 19.6 Å². The van der Waals surface area contributed by atoms with Crippen molar-refractivity contribution in [3.63, 3.8) is 0 Å². The SMILES string of the molecule is CCNC(=NCc1ncc(C(C)(C)C)o1)NCCNC(=O)CC1CCCC1. The first-order valence-corrected chi connectivity index (χ1v) is 10.1. The first-order valence-electron chi connectivity index (χ1n) is 10.1. The van der Waals surface area contributed by atoms with Crippen LogP contribution < -0.4 is 16.0 Å². The van der Waals surface area contributed by atoms with Crippen molar-refractivity contribution < 1.29 is 9.21 Å². The molecule has 1 heterocycles. The molecule has 1 aromatic heterocycles. The Morgan fingerprint density at radius 3 is 2.56 bits per heavy atom. The summed E-state index contributed by atoms with van der Waals surface area (Å²) in [5.74, 6) is 2.88. The van der Waals surface area contributed by atoms with Crippen molar-refractivity contribution >= 4 is 11.9 Å². The van der Waals surface area contributed by atoms with E-state index in [0.717, 1.165) is 12.3 Å². The Kier molecular flexibility index (Phi) is 8.13. The second-order valence-electron chi connectivity index (χ2n) is 8.19. The monoisotopic (exact) mass is 377 g/mol. The molecule has 0 bridgehead atoms. The second kappa shape index (κ2) is 10.3. The van der Waals surface area contributed by atoms with Gasteiger partial charge in [0.25, 0.3) is 0 Å². The topological polar surface area (TPSA) is 91.6 Å². The van der Waals surface area contributed by atoms with Gasteiger partial charge in [-0.3, -0.25) is 4.79 Å². The highest BCUT2D eigenvalue weighted by molar-refractivity contribution is 5.80. The molecule has 0 spiro atoms. The number of nitrogens with one attached hydrogen (secondary N) is 3. The molecule has 0 atom stereocenters. The third-order valence-electron chi connectivity index (χ3n) is 4.70. The largest absolute Gasteiger partial charge is 0.443 e. The number of oxazole rings is 1. The number of nitrogens with zero attached hydrogens (tertiary/aromatic N) is 2. The summed E-state index contributed by atoms with van der Waals surface area (Å²) in [5.41, 5.74) is -0.0611. The van der Waals surface area contributed by atoms with Crippen LogP contribution in [0.3, 0.4) is 0 Å². The van der Waals surface area contributed by atoms with E-state index in [9.17, 15) is 4.79 Å². The minimum atomic E-state index is -0.0611. The first kappa shape index (κ1) is 21.3. The van der Waals surface area contributed by atoms with Gasteiger partial charge in [-0.1, -0.05) is 33.6 Å². The zero-order valence-electron chi connectivity index (χ0n) is 17.2. The van der Waals surface area contributed by atoms with Gasteiger partial charge in [-0.15, -0.1) is 0 Å². The molecule has 0 saturated heterocycles. The molecule has 0 aliphatic heterocycles.